The molecule has 0 radical (unpaired) electrons. The molecular formula is C18H19N5O2. The van der Waals surface area contributed by atoms with Crippen molar-refractivity contribution >= 4 is 34.5 Å². The van der Waals surface area contributed by atoms with E-state index in [1.54, 1.807) is 18.3 Å². The molecule has 3 aromatic rings. The zero-order chi connectivity index (χ0) is 17.2. The van der Waals surface area contributed by atoms with Crippen LogP contribution >= 0.6 is 0 Å². The third-order valence-electron chi connectivity index (χ3n) is 4.47. The summed E-state index contributed by atoms with van der Waals surface area (Å²) >= 11 is 0. The fourth-order valence-electron chi connectivity index (χ4n) is 3.05. The number of nitrogen functional groups attached to an aromatic ring is 1. The average Bonchev–Trinajstić information content (AvgIpc) is 3.08. The van der Waals surface area contributed by atoms with E-state index in [4.69, 9.17) is 10.2 Å². The van der Waals surface area contributed by atoms with Crippen molar-refractivity contribution in [2.24, 2.45) is 5.92 Å². The van der Waals surface area contributed by atoms with E-state index in [-0.39, 0.29) is 11.8 Å². The molecule has 3 N–H and O–H groups in total. The Balaban J connectivity index is 1.37. The molecule has 4 rings (SSSR count). The van der Waals surface area contributed by atoms with Gasteiger partial charge in [0.05, 0.1) is 11.9 Å². The minimum atomic E-state index is -0.0295. The fourth-order valence-corrected chi connectivity index (χ4v) is 3.05. The predicted octanol–water partition coefficient (Wildman–Crippen LogP) is 2.66. The van der Waals surface area contributed by atoms with E-state index in [0.717, 1.165) is 37.0 Å². The van der Waals surface area contributed by atoms with Crippen molar-refractivity contribution in [2.75, 3.05) is 29.0 Å². The molecule has 1 saturated heterocycles. The van der Waals surface area contributed by atoms with Crippen LogP contribution in [0.4, 0.5) is 17.5 Å². The number of carbonyl (C=O) groups is 1. The van der Waals surface area contributed by atoms with Gasteiger partial charge in [-0.2, -0.15) is 4.98 Å². The van der Waals surface area contributed by atoms with Crippen molar-refractivity contribution in [3.63, 3.8) is 0 Å². The van der Waals surface area contributed by atoms with Crippen LogP contribution in [-0.4, -0.2) is 29.0 Å². The van der Waals surface area contributed by atoms with E-state index >= 15 is 0 Å². The molecule has 0 bridgehead atoms. The first kappa shape index (κ1) is 15.4. The number of benzene rings is 1. The lowest BCUT2D eigenvalue weighted by Gasteiger charge is -2.30. The summed E-state index contributed by atoms with van der Waals surface area (Å²) in [7, 11) is 0. The van der Waals surface area contributed by atoms with Crippen LogP contribution in [0.1, 0.15) is 12.8 Å². The largest absolute Gasteiger partial charge is 0.423 e. The molecule has 7 heteroatoms. The summed E-state index contributed by atoms with van der Waals surface area (Å²) in [6.45, 7) is 1.48. The highest BCUT2D eigenvalue weighted by atomic mass is 16.4. The monoisotopic (exact) mass is 337 g/mol. The topological polar surface area (TPSA) is 97.3 Å². The molecule has 25 heavy (non-hydrogen) atoms. The number of rotatable bonds is 3. The third kappa shape index (κ3) is 3.26. The molecule has 0 atom stereocenters. The molecule has 0 unspecified atom stereocenters. The fraction of sp³-hybridized carbons (Fsp3) is 0.278. The lowest BCUT2D eigenvalue weighted by atomic mass is 9.96. The van der Waals surface area contributed by atoms with Gasteiger partial charge in [-0.25, -0.2) is 4.98 Å². The standard InChI is InChI=1S/C18H19N5O2/c19-16-6-5-13(11-20-16)21-17(24)12-7-9-23(10-8-12)18-22-14-3-1-2-4-15(14)25-18/h1-6,11-12H,7-10H2,(H2,19,20)(H,21,24). The lowest BCUT2D eigenvalue weighted by Crippen LogP contribution is -2.38. The SMILES string of the molecule is Nc1ccc(NC(=O)C2CCN(c3nc4ccccc4o3)CC2)cn1. The van der Waals surface area contributed by atoms with Crippen molar-refractivity contribution in [3.05, 3.63) is 42.6 Å². The summed E-state index contributed by atoms with van der Waals surface area (Å²) in [5.74, 6) is 0.423. The van der Waals surface area contributed by atoms with Gasteiger partial charge in [0.25, 0.3) is 6.01 Å². The van der Waals surface area contributed by atoms with Crippen LogP contribution in [0.2, 0.25) is 0 Å². The highest BCUT2D eigenvalue weighted by Gasteiger charge is 2.27. The number of para-hydroxylation sites is 2. The van der Waals surface area contributed by atoms with Crippen molar-refractivity contribution in [2.45, 2.75) is 12.8 Å². The predicted molar refractivity (Wildman–Crippen MR) is 96.2 cm³/mol. The number of pyridine rings is 1. The van der Waals surface area contributed by atoms with Gasteiger partial charge in [0.15, 0.2) is 5.58 Å². The number of hydrogen-bond donors (Lipinski definition) is 2. The molecule has 0 spiro atoms. The Bertz CT molecular complexity index is 849. The number of carbonyl (C=O) groups excluding carboxylic acids is 1. The lowest BCUT2D eigenvalue weighted by molar-refractivity contribution is -0.120. The Kier molecular flexibility index (Phi) is 3.97. The normalized spacial score (nSPS) is 15.4. The quantitative estimate of drug-likeness (QED) is 0.762. The first-order chi connectivity index (χ1) is 12.2. The Morgan fingerprint density at radius 3 is 2.72 bits per heavy atom. The van der Waals surface area contributed by atoms with E-state index in [1.165, 1.54) is 0 Å². The molecule has 2 aromatic heterocycles. The molecule has 3 heterocycles. The van der Waals surface area contributed by atoms with Gasteiger partial charge in [-0.15, -0.1) is 0 Å². The number of aromatic nitrogens is 2. The summed E-state index contributed by atoms with van der Waals surface area (Å²) < 4.78 is 5.80. The highest BCUT2D eigenvalue weighted by molar-refractivity contribution is 5.92. The maximum absolute atomic E-state index is 12.4. The number of nitrogens with zero attached hydrogens (tertiary/aromatic N) is 3. The van der Waals surface area contributed by atoms with E-state index in [2.05, 4.69) is 20.2 Å². The summed E-state index contributed by atoms with van der Waals surface area (Å²) in [6.07, 6.45) is 3.08. The van der Waals surface area contributed by atoms with Crippen LogP contribution in [0.5, 0.6) is 0 Å². The molecule has 7 nitrogen and oxygen atoms in total. The Labute approximate surface area is 144 Å². The molecule has 1 fully saturated rings. The third-order valence-corrected chi connectivity index (χ3v) is 4.47. The Morgan fingerprint density at radius 1 is 1.20 bits per heavy atom. The first-order valence-electron chi connectivity index (χ1n) is 8.32. The molecule has 0 saturated carbocycles. The molecule has 0 aliphatic carbocycles. The number of oxazole rings is 1. The maximum Gasteiger partial charge on any atom is 0.298 e. The summed E-state index contributed by atoms with van der Waals surface area (Å²) in [5.41, 5.74) is 7.86. The number of piperidine rings is 1. The minimum Gasteiger partial charge on any atom is -0.423 e. The van der Waals surface area contributed by atoms with Gasteiger partial charge in [-0.05, 0) is 37.1 Å². The Morgan fingerprint density at radius 2 is 2.00 bits per heavy atom. The number of anilines is 3. The van der Waals surface area contributed by atoms with Gasteiger partial charge in [-0.1, -0.05) is 12.1 Å². The minimum absolute atomic E-state index is 0.0174. The van der Waals surface area contributed by atoms with Gasteiger partial charge in [-0.3, -0.25) is 4.79 Å². The molecule has 1 aliphatic rings. The van der Waals surface area contributed by atoms with Crippen LogP contribution in [0.15, 0.2) is 47.0 Å². The van der Waals surface area contributed by atoms with E-state index in [9.17, 15) is 4.79 Å². The summed E-state index contributed by atoms with van der Waals surface area (Å²) in [4.78, 5) is 23.0. The summed E-state index contributed by atoms with van der Waals surface area (Å²) in [6, 6.07) is 11.8. The van der Waals surface area contributed by atoms with Gasteiger partial charge in [0.2, 0.25) is 5.91 Å². The molecular weight excluding hydrogens is 318 g/mol. The van der Waals surface area contributed by atoms with Gasteiger partial charge in [0.1, 0.15) is 11.3 Å². The highest BCUT2D eigenvalue weighted by Crippen LogP contribution is 2.26. The smallest absolute Gasteiger partial charge is 0.298 e. The zero-order valence-electron chi connectivity index (χ0n) is 13.7. The van der Waals surface area contributed by atoms with Crippen molar-refractivity contribution in [1.29, 1.82) is 0 Å². The van der Waals surface area contributed by atoms with Crippen LogP contribution in [0.3, 0.4) is 0 Å². The second kappa shape index (κ2) is 6.43. The number of amides is 1. The van der Waals surface area contributed by atoms with E-state index in [1.807, 2.05) is 24.3 Å². The van der Waals surface area contributed by atoms with Crippen molar-refractivity contribution < 1.29 is 9.21 Å². The second-order valence-electron chi connectivity index (χ2n) is 6.19. The maximum atomic E-state index is 12.4. The van der Waals surface area contributed by atoms with Crippen LogP contribution in [0, 0.1) is 5.92 Å². The number of nitrogens with two attached hydrogens (primary N) is 1. The van der Waals surface area contributed by atoms with Crippen LogP contribution in [0.25, 0.3) is 11.1 Å². The molecule has 1 aromatic carbocycles. The zero-order valence-corrected chi connectivity index (χ0v) is 13.7. The number of hydrogen-bond acceptors (Lipinski definition) is 6. The molecule has 1 aliphatic heterocycles. The molecule has 128 valence electrons. The Hall–Kier alpha value is -3.09. The number of fused-ring (bicyclic) bond motifs is 1. The van der Waals surface area contributed by atoms with Crippen LogP contribution < -0.4 is 16.0 Å². The average molecular weight is 337 g/mol. The summed E-state index contributed by atoms with van der Waals surface area (Å²) in [5, 5.41) is 2.90. The first-order valence-corrected chi connectivity index (χ1v) is 8.32. The van der Waals surface area contributed by atoms with E-state index in [0.29, 0.717) is 17.5 Å². The van der Waals surface area contributed by atoms with E-state index < -0.39 is 0 Å². The van der Waals surface area contributed by atoms with Gasteiger partial charge >= 0.3 is 0 Å². The van der Waals surface area contributed by atoms with Gasteiger partial charge < -0.3 is 20.4 Å². The van der Waals surface area contributed by atoms with Crippen LogP contribution in [-0.2, 0) is 4.79 Å². The van der Waals surface area contributed by atoms with Gasteiger partial charge in [0, 0.05) is 19.0 Å². The second-order valence-corrected chi connectivity index (χ2v) is 6.19. The van der Waals surface area contributed by atoms with Crippen molar-refractivity contribution in [3.8, 4) is 0 Å². The van der Waals surface area contributed by atoms with Crippen molar-refractivity contribution in [1.82, 2.24) is 9.97 Å². The molecule has 1 amide bonds. The number of nitrogens with one attached hydrogen (secondary N) is 1.